The molecule has 1 aliphatic heterocycles. The first-order chi connectivity index (χ1) is 5.58. The Labute approximate surface area is 72.7 Å². The van der Waals surface area contributed by atoms with E-state index >= 15 is 0 Å². The Morgan fingerprint density at radius 1 is 1.58 bits per heavy atom. The standard InChI is InChI=1S/C9H16O3/c1-8(2)9(7-11,3-5-10)4-6-12-8/h7,10H,3-6H2,1-2H3. The van der Waals surface area contributed by atoms with E-state index in [1.54, 1.807) is 0 Å². The Bertz CT molecular complexity index is 177. The second-order valence-corrected chi connectivity index (χ2v) is 3.86. The van der Waals surface area contributed by atoms with E-state index in [0.29, 0.717) is 13.0 Å². The van der Waals surface area contributed by atoms with Crippen LogP contribution in [0.15, 0.2) is 0 Å². The van der Waals surface area contributed by atoms with Gasteiger partial charge in [0.1, 0.15) is 6.29 Å². The molecule has 1 saturated heterocycles. The Morgan fingerprint density at radius 3 is 2.58 bits per heavy atom. The second kappa shape index (κ2) is 3.15. The number of hydrogen-bond donors (Lipinski definition) is 1. The van der Waals surface area contributed by atoms with Gasteiger partial charge in [0.05, 0.1) is 11.0 Å². The van der Waals surface area contributed by atoms with Crippen molar-refractivity contribution in [2.75, 3.05) is 13.2 Å². The molecule has 0 amide bonds. The van der Waals surface area contributed by atoms with Gasteiger partial charge < -0.3 is 14.6 Å². The molecule has 1 atom stereocenters. The number of carbonyl (C=O) groups is 1. The van der Waals surface area contributed by atoms with Crippen molar-refractivity contribution >= 4 is 6.29 Å². The first-order valence-corrected chi connectivity index (χ1v) is 4.29. The van der Waals surface area contributed by atoms with Crippen LogP contribution in [0.4, 0.5) is 0 Å². The van der Waals surface area contributed by atoms with Crippen LogP contribution in [0.25, 0.3) is 0 Å². The van der Waals surface area contributed by atoms with E-state index in [0.717, 1.165) is 12.7 Å². The van der Waals surface area contributed by atoms with Gasteiger partial charge in [0.15, 0.2) is 0 Å². The minimum atomic E-state index is -0.470. The number of aliphatic hydroxyl groups excluding tert-OH is 1. The average molecular weight is 172 g/mol. The van der Waals surface area contributed by atoms with Gasteiger partial charge in [0.2, 0.25) is 0 Å². The summed E-state index contributed by atoms with van der Waals surface area (Å²) in [5.74, 6) is 0. The third-order valence-corrected chi connectivity index (χ3v) is 2.99. The van der Waals surface area contributed by atoms with Gasteiger partial charge in [-0.1, -0.05) is 0 Å². The van der Waals surface area contributed by atoms with E-state index in [4.69, 9.17) is 9.84 Å². The fraction of sp³-hybridized carbons (Fsp3) is 0.889. The van der Waals surface area contributed by atoms with Crippen LogP contribution in [0, 0.1) is 5.41 Å². The van der Waals surface area contributed by atoms with Crippen molar-refractivity contribution in [1.29, 1.82) is 0 Å². The van der Waals surface area contributed by atoms with E-state index < -0.39 is 11.0 Å². The normalized spacial score (nSPS) is 33.6. The molecule has 0 aromatic rings. The zero-order chi connectivity index (χ0) is 9.24. The van der Waals surface area contributed by atoms with Gasteiger partial charge in [-0.3, -0.25) is 0 Å². The maximum Gasteiger partial charge on any atom is 0.129 e. The van der Waals surface area contributed by atoms with Crippen molar-refractivity contribution in [2.45, 2.75) is 32.3 Å². The zero-order valence-electron chi connectivity index (χ0n) is 7.67. The van der Waals surface area contributed by atoms with E-state index in [9.17, 15) is 4.79 Å². The van der Waals surface area contributed by atoms with Crippen LogP contribution in [-0.4, -0.2) is 30.2 Å². The monoisotopic (exact) mass is 172 g/mol. The molecule has 3 heteroatoms. The van der Waals surface area contributed by atoms with Gasteiger partial charge in [-0.15, -0.1) is 0 Å². The summed E-state index contributed by atoms with van der Waals surface area (Å²) in [7, 11) is 0. The summed E-state index contributed by atoms with van der Waals surface area (Å²) in [5, 5.41) is 8.84. The van der Waals surface area contributed by atoms with E-state index in [-0.39, 0.29) is 6.61 Å². The van der Waals surface area contributed by atoms with Crippen LogP contribution in [0.1, 0.15) is 26.7 Å². The molecule has 1 rings (SSSR count). The molecule has 1 fully saturated rings. The molecule has 12 heavy (non-hydrogen) atoms. The number of hydrogen-bond acceptors (Lipinski definition) is 3. The summed E-state index contributed by atoms with van der Waals surface area (Å²) in [6, 6.07) is 0. The van der Waals surface area contributed by atoms with Crippen molar-refractivity contribution < 1.29 is 14.6 Å². The fourth-order valence-electron chi connectivity index (χ4n) is 1.82. The number of ether oxygens (including phenoxy) is 1. The molecule has 3 nitrogen and oxygen atoms in total. The highest BCUT2D eigenvalue weighted by atomic mass is 16.5. The molecule has 0 aromatic carbocycles. The number of carbonyl (C=O) groups excluding carboxylic acids is 1. The minimum Gasteiger partial charge on any atom is -0.396 e. The molecule has 0 aliphatic carbocycles. The summed E-state index contributed by atoms with van der Waals surface area (Å²) < 4.78 is 5.46. The third kappa shape index (κ3) is 1.27. The van der Waals surface area contributed by atoms with Crippen molar-refractivity contribution in [3.05, 3.63) is 0 Å². The quantitative estimate of drug-likeness (QED) is 0.639. The molecule has 0 saturated carbocycles. The van der Waals surface area contributed by atoms with Gasteiger partial charge in [0, 0.05) is 13.2 Å². The minimum absolute atomic E-state index is 0.0472. The maximum absolute atomic E-state index is 10.9. The van der Waals surface area contributed by atoms with Crippen LogP contribution in [-0.2, 0) is 9.53 Å². The van der Waals surface area contributed by atoms with Crippen LogP contribution >= 0.6 is 0 Å². The van der Waals surface area contributed by atoms with Gasteiger partial charge in [0.25, 0.3) is 0 Å². The largest absolute Gasteiger partial charge is 0.396 e. The summed E-state index contributed by atoms with van der Waals surface area (Å²) >= 11 is 0. The second-order valence-electron chi connectivity index (χ2n) is 3.86. The number of aldehydes is 1. The predicted molar refractivity (Wildman–Crippen MR) is 44.8 cm³/mol. The van der Waals surface area contributed by atoms with Gasteiger partial charge in [-0.05, 0) is 26.7 Å². The summed E-state index contributed by atoms with van der Waals surface area (Å²) in [5.41, 5.74) is -0.890. The first kappa shape index (κ1) is 9.68. The summed E-state index contributed by atoms with van der Waals surface area (Å²) in [4.78, 5) is 10.9. The lowest BCUT2D eigenvalue weighted by Crippen LogP contribution is -2.41. The van der Waals surface area contributed by atoms with Crippen molar-refractivity contribution in [3.8, 4) is 0 Å². The van der Waals surface area contributed by atoms with Crippen molar-refractivity contribution in [2.24, 2.45) is 5.41 Å². The van der Waals surface area contributed by atoms with Crippen molar-refractivity contribution in [3.63, 3.8) is 0 Å². The Morgan fingerprint density at radius 2 is 2.25 bits per heavy atom. The topological polar surface area (TPSA) is 46.5 Å². The Kier molecular flexibility index (Phi) is 2.54. The van der Waals surface area contributed by atoms with E-state index in [1.165, 1.54) is 0 Å². The predicted octanol–water partition coefficient (Wildman–Crippen LogP) is 0.753. The van der Waals surface area contributed by atoms with Gasteiger partial charge >= 0.3 is 0 Å². The Hall–Kier alpha value is -0.410. The summed E-state index contributed by atoms with van der Waals surface area (Å²) in [6.07, 6.45) is 2.17. The SMILES string of the molecule is CC1(C)OCCC1(C=O)CCO. The highest BCUT2D eigenvalue weighted by molar-refractivity contribution is 5.62. The molecule has 0 spiro atoms. The zero-order valence-corrected chi connectivity index (χ0v) is 7.67. The lowest BCUT2D eigenvalue weighted by molar-refractivity contribution is -0.126. The molecule has 1 aliphatic rings. The molecule has 0 bridgehead atoms. The van der Waals surface area contributed by atoms with E-state index in [2.05, 4.69) is 0 Å². The van der Waals surface area contributed by atoms with Gasteiger partial charge in [-0.25, -0.2) is 0 Å². The fourth-order valence-corrected chi connectivity index (χ4v) is 1.82. The number of rotatable bonds is 3. The first-order valence-electron chi connectivity index (χ1n) is 4.29. The highest BCUT2D eigenvalue weighted by Crippen LogP contribution is 2.44. The molecule has 1 heterocycles. The van der Waals surface area contributed by atoms with Crippen LogP contribution in [0.5, 0.6) is 0 Å². The number of aliphatic hydroxyl groups is 1. The molecule has 0 radical (unpaired) electrons. The molecule has 1 N–H and O–H groups in total. The molecular weight excluding hydrogens is 156 g/mol. The maximum atomic E-state index is 10.9. The molecular formula is C9H16O3. The molecule has 1 unspecified atom stereocenters. The Balaban J connectivity index is 2.83. The van der Waals surface area contributed by atoms with Crippen LogP contribution < -0.4 is 0 Å². The van der Waals surface area contributed by atoms with Crippen LogP contribution in [0.3, 0.4) is 0 Å². The van der Waals surface area contributed by atoms with Crippen molar-refractivity contribution in [1.82, 2.24) is 0 Å². The lowest BCUT2D eigenvalue weighted by Gasteiger charge is -2.34. The molecule has 0 aromatic heterocycles. The third-order valence-electron chi connectivity index (χ3n) is 2.99. The van der Waals surface area contributed by atoms with Gasteiger partial charge in [-0.2, -0.15) is 0 Å². The lowest BCUT2D eigenvalue weighted by atomic mass is 9.72. The summed E-state index contributed by atoms with van der Waals surface area (Å²) in [6.45, 7) is 4.48. The average Bonchev–Trinajstić information content (AvgIpc) is 2.29. The van der Waals surface area contributed by atoms with Crippen LogP contribution in [0.2, 0.25) is 0 Å². The molecule has 70 valence electrons. The smallest absolute Gasteiger partial charge is 0.129 e. The van der Waals surface area contributed by atoms with E-state index in [1.807, 2.05) is 13.8 Å². The highest BCUT2D eigenvalue weighted by Gasteiger charge is 2.49.